The van der Waals surface area contributed by atoms with Crippen LogP contribution in [0.15, 0.2) is 18.2 Å². The van der Waals surface area contributed by atoms with Crippen LogP contribution in [0.3, 0.4) is 0 Å². The van der Waals surface area contributed by atoms with Crippen molar-refractivity contribution in [2.75, 3.05) is 33.4 Å². The quantitative estimate of drug-likeness (QED) is 0.454. The first-order valence-corrected chi connectivity index (χ1v) is 12.5. The average Bonchev–Trinajstić information content (AvgIpc) is 3.60. The summed E-state index contributed by atoms with van der Waals surface area (Å²) in [6.07, 6.45) is 3.58. The van der Waals surface area contributed by atoms with E-state index in [1.54, 1.807) is 7.11 Å². The van der Waals surface area contributed by atoms with Crippen LogP contribution < -0.4 is 20.7 Å². The van der Waals surface area contributed by atoms with Gasteiger partial charge in [0.15, 0.2) is 0 Å². The summed E-state index contributed by atoms with van der Waals surface area (Å²) in [5, 5.41) is 9.30. The van der Waals surface area contributed by atoms with Crippen molar-refractivity contribution in [1.29, 1.82) is 0 Å². The molecule has 8 heteroatoms. The summed E-state index contributed by atoms with van der Waals surface area (Å²) in [4.78, 5) is 27.9. The van der Waals surface area contributed by atoms with Crippen molar-refractivity contribution in [1.82, 2.24) is 20.9 Å². The molecule has 3 N–H and O–H groups in total. The Hall–Kier alpha value is -2.32. The lowest BCUT2D eigenvalue weighted by Crippen LogP contribution is -2.56. The van der Waals surface area contributed by atoms with Gasteiger partial charge in [-0.2, -0.15) is 0 Å². The molecule has 190 valence electrons. The van der Waals surface area contributed by atoms with E-state index in [1.165, 1.54) is 0 Å². The highest BCUT2D eigenvalue weighted by Crippen LogP contribution is 2.32. The number of rotatable bonds is 10. The number of urea groups is 1. The van der Waals surface area contributed by atoms with E-state index in [-0.39, 0.29) is 29.4 Å². The minimum absolute atomic E-state index is 0.0717. The standard InChI is InChI=1S/C26H42N4O4/c1-18-7-8-19(13-23(18)34-12-6-11-33-5)17-30(22-9-10-22)24(31)20-14-21(16-27-15-20)28-25(32)29-26(2,3)4/h7-8,13,20-22,27H,6,9-12,14-17H2,1-5H3,(H2,28,29,32)/t20-,21-/m0/s1. The number of hydrogen-bond donors (Lipinski definition) is 3. The summed E-state index contributed by atoms with van der Waals surface area (Å²) in [6, 6.07) is 6.25. The lowest BCUT2D eigenvalue weighted by atomic mass is 9.94. The molecule has 2 aliphatic rings. The third-order valence-electron chi connectivity index (χ3n) is 6.15. The van der Waals surface area contributed by atoms with Crippen LogP contribution in [-0.2, 0) is 16.1 Å². The number of aryl methyl sites for hydroxylation is 1. The fourth-order valence-electron chi connectivity index (χ4n) is 4.29. The number of nitrogens with zero attached hydrogens (tertiary/aromatic N) is 1. The number of carbonyl (C=O) groups is 2. The van der Waals surface area contributed by atoms with Crippen molar-refractivity contribution < 1.29 is 19.1 Å². The van der Waals surface area contributed by atoms with Crippen molar-refractivity contribution in [3.8, 4) is 5.75 Å². The zero-order valence-electron chi connectivity index (χ0n) is 21.4. The van der Waals surface area contributed by atoms with Crippen molar-refractivity contribution in [3.63, 3.8) is 0 Å². The molecule has 0 spiro atoms. The monoisotopic (exact) mass is 474 g/mol. The number of amides is 3. The van der Waals surface area contributed by atoms with E-state index in [9.17, 15) is 9.59 Å². The molecule has 0 aromatic heterocycles. The van der Waals surface area contributed by atoms with Gasteiger partial charge < -0.3 is 30.3 Å². The maximum absolute atomic E-state index is 13.6. The molecule has 3 rings (SSSR count). The molecule has 0 unspecified atom stereocenters. The van der Waals surface area contributed by atoms with Crippen molar-refractivity contribution in [3.05, 3.63) is 29.3 Å². The summed E-state index contributed by atoms with van der Waals surface area (Å²) in [6.45, 7) is 11.1. The summed E-state index contributed by atoms with van der Waals surface area (Å²) < 4.78 is 11.1. The lowest BCUT2D eigenvalue weighted by Gasteiger charge is -2.34. The van der Waals surface area contributed by atoms with E-state index in [0.717, 1.165) is 36.1 Å². The van der Waals surface area contributed by atoms with Gasteiger partial charge in [0.05, 0.1) is 12.5 Å². The molecule has 0 radical (unpaired) electrons. The number of benzene rings is 1. The second-order valence-corrected chi connectivity index (χ2v) is 10.6. The lowest BCUT2D eigenvalue weighted by molar-refractivity contribution is -0.137. The highest BCUT2D eigenvalue weighted by molar-refractivity contribution is 5.80. The van der Waals surface area contributed by atoms with Gasteiger partial charge in [0.2, 0.25) is 5.91 Å². The van der Waals surface area contributed by atoms with E-state index < -0.39 is 0 Å². The predicted octanol–water partition coefficient (Wildman–Crippen LogP) is 2.98. The van der Waals surface area contributed by atoms with Gasteiger partial charge in [0.25, 0.3) is 0 Å². The molecule has 1 aromatic rings. The smallest absolute Gasteiger partial charge is 0.315 e. The minimum Gasteiger partial charge on any atom is -0.493 e. The molecule has 1 heterocycles. The predicted molar refractivity (Wildman–Crippen MR) is 133 cm³/mol. The molecular weight excluding hydrogens is 432 g/mol. The van der Waals surface area contributed by atoms with Crippen LogP contribution in [-0.4, -0.2) is 67.9 Å². The number of nitrogens with one attached hydrogen (secondary N) is 3. The first kappa shape index (κ1) is 26.3. The largest absolute Gasteiger partial charge is 0.493 e. The highest BCUT2D eigenvalue weighted by Gasteiger charge is 2.38. The molecule has 2 fully saturated rings. The molecule has 0 bridgehead atoms. The van der Waals surface area contributed by atoms with Gasteiger partial charge in [-0.1, -0.05) is 12.1 Å². The first-order valence-electron chi connectivity index (χ1n) is 12.5. The van der Waals surface area contributed by atoms with Crippen molar-refractivity contribution >= 4 is 11.9 Å². The summed E-state index contributed by atoms with van der Waals surface area (Å²) in [5.41, 5.74) is 1.87. The van der Waals surface area contributed by atoms with E-state index in [1.807, 2.05) is 32.6 Å². The number of ether oxygens (including phenoxy) is 2. The Kier molecular flexibility index (Phi) is 9.19. The van der Waals surface area contributed by atoms with E-state index in [4.69, 9.17) is 9.47 Å². The summed E-state index contributed by atoms with van der Waals surface area (Å²) in [7, 11) is 1.69. The first-order chi connectivity index (χ1) is 16.2. The van der Waals surface area contributed by atoms with Crippen LogP contribution in [0.1, 0.15) is 57.6 Å². The Bertz CT molecular complexity index is 835. The topological polar surface area (TPSA) is 91.9 Å². The molecule has 1 aliphatic carbocycles. The van der Waals surface area contributed by atoms with Crippen LogP contribution in [0.5, 0.6) is 5.75 Å². The van der Waals surface area contributed by atoms with E-state index >= 15 is 0 Å². The minimum atomic E-state index is -0.301. The second-order valence-electron chi connectivity index (χ2n) is 10.6. The van der Waals surface area contributed by atoms with Crippen molar-refractivity contribution in [2.24, 2.45) is 5.92 Å². The molecule has 3 amide bonds. The molecule has 8 nitrogen and oxygen atoms in total. The zero-order chi connectivity index (χ0) is 24.7. The molecular formula is C26H42N4O4. The summed E-state index contributed by atoms with van der Waals surface area (Å²) >= 11 is 0. The Morgan fingerprint density at radius 2 is 1.94 bits per heavy atom. The van der Waals surface area contributed by atoms with Crippen LogP contribution in [0.25, 0.3) is 0 Å². The molecule has 1 saturated carbocycles. The van der Waals surface area contributed by atoms with Gasteiger partial charge in [-0.25, -0.2) is 4.79 Å². The average molecular weight is 475 g/mol. The third kappa shape index (κ3) is 8.17. The van der Waals surface area contributed by atoms with Crippen LogP contribution in [0.2, 0.25) is 0 Å². The third-order valence-corrected chi connectivity index (χ3v) is 6.15. The normalized spacial score (nSPS) is 20.5. The molecule has 2 atom stereocenters. The maximum atomic E-state index is 13.6. The number of piperidine rings is 1. The fraction of sp³-hybridized carbons (Fsp3) is 0.692. The summed E-state index contributed by atoms with van der Waals surface area (Å²) in [5.74, 6) is 0.885. The van der Waals surface area contributed by atoms with Gasteiger partial charge in [-0.05, 0) is 64.2 Å². The van der Waals surface area contributed by atoms with Gasteiger partial charge in [-0.3, -0.25) is 4.79 Å². The number of methoxy groups -OCH3 is 1. The highest BCUT2D eigenvalue weighted by atomic mass is 16.5. The van der Waals surface area contributed by atoms with E-state index in [0.29, 0.717) is 45.3 Å². The van der Waals surface area contributed by atoms with Crippen LogP contribution in [0, 0.1) is 12.8 Å². The Morgan fingerprint density at radius 3 is 2.62 bits per heavy atom. The molecule has 34 heavy (non-hydrogen) atoms. The van der Waals surface area contributed by atoms with Gasteiger partial charge in [0.1, 0.15) is 5.75 Å². The maximum Gasteiger partial charge on any atom is 0.315 e. The van der Waals surface area contributed by atoms with E-state index in [2.05, 4.69) is 34.1 Å². The second kappa shape index (κ2) is 11.9. The van der Waals surface area contributed by atoms with Crippen molar-refractivity contribution in [2.45, 2.75) is 77.5 Å². The molecule has 1 aromatic carbocycles. The van der Waals surface area contributed by atoms with Gasteiger partial charge >= 0.3 is 6.03 Å². The molecule has 1 saturated heterocycles. The van der Waals surface area contributed by atoms with Crippen LogP contribution in [0.4, 0.5) is 4.79 Å². The SMILES string of the molecule is COCCCOc1cc(CN(C(=O)[C@@H]2CNC[C@@H](NC(=O)NC(C)(C)C)C2)C2CC2)ccc1C. The Morgan fingerprint density at radius 1 is 1.18 bits per heavy atom. The number of carbonyl (C=O) groups excluding carboxylic acids is 2. The van der Waals surface area contributed by atoms with Gasteiger partial charge in [-0.15, -0.1) is 0 Å². The fourth-order valence-corrected chi connectivity index (χ4v) is 4.29. The Labute approximate surface area is 204 Å². The molecule has 1 aliphatic heterocycles. The number of hydrogen-bond acceptors (Lipinski definition) is 5. The zero-order valence-corrected chi connectivity index (χ0v) is 21.4. The van der Waals surface area contributed by atoms with Gasteiger partial charge in [0, 0.05) is 57.4 Å². The van der Waals surface area contributed by atoms with Crippen LogP contribution >= 0.6 is 0 Å². The Balaban J connectivity index is 1.61.